The van der Waals surface area contributed by atoms with Gasteiger partial charge in [0.05, 0.1) is 11.3 Å². The molecule has 0 bridgehead atoms. The number of carbonyl (C=O) groups is 1. The minimum atomic E-state index is -3.68. The Morgan fingerprint density at radius 2 is 2.00 bits per heavy atom. The zero-order valence-corrected chi connectivity index (χ0v) is 10.1. The highest BCUT2D eigenvalue weighted by molar-refractivity contribution is 7.95. The van der Waals surface area contributed by atoms with Crippen molar-refractivity contribution in [3.63, 3.8) is 0 Å². The molecule has 0 aliphatic carbocycles. The van der Waals surface area contributed by atoms with E-state index < -0.39 is 15.7 Å². The van der Waals surface area contributed by atoms with Crippen LogP contribution < -0.4 is 5.32 Å². The molecule has 14 heavy (non-hydrogen) atoms. The number of carbonyl (C=O) groups excluding carboxylic acids is 1. The second-order valence-corrected chi connectivity index (χ2v) is 5.56. The lowest BCUT2D eigenvalue weighted by Gasteiger charge is -2.24. The van der Waals surface area contributed by atoms with E-state index in [0.29, 0.717) is 6.42 Å². The van der Waals surface area contributed by atoms with Crippen molar-refractivity contribution in [2.45, 2.75) is 32.7 Å². The first-order valence-electron chi connectivity index (χ1n) is 4.09. The van der Waals surface area contributed by atoms with Gasteiger partial charge in [-0.1, -0.05) is 6.92 Å². The molecule has 0 heterocycles. The van der Waals surface area contributed by atoms with E-state index in [0.717, 1.165) is 0 Å². The molecule has 0 unspecified atom stereocenters. The second-order valence-electron chi connectivity index (χ2n) is 3.56. The molecule has 0 aromatic rings. The van der Waals surface area contributed by atoms with Crippen LogP contribution in [-0.2, 0) is 18.5 Å². The minimum absolute atomic E-state index is 0.204. The number of amides is 1. The normalized spacial score (nSPS) is 12.6. The van der Waals surface area contributed by atoms with Gasteiger partial charge in [0.25, 0.3) is 10.1 Å². The summed E-state index contributed by atoms with van der Waals surface area (Å²) in [6.07, 6.45) is 0.311. The Morgan fingerprint density at radius 1 is 1.50 bits per heavy atom. The fourth-order valence-electron chi connectivity index (χ4n) is 0.970. The lowest BCUT2D eigenvalue weighted by Crippen LogP contribution is -2.48. The van der Waals surface area contributed by atoms with Crippen molar-refractivity contribution in [2.75, 3.05) is 5.75 Å². The zero-order valence-electron chi connectivity index (χ0n) is 8.40. The van der Waals surface area contributed by atoms with Gasteiger partial charge in [0, 0.05) is 6.42 Å². The van der Waals surface area contributed by atoms with Crippen molar-refractivity contribution in [3.05, 3.63) is 0 Å². The van der Waals surface area contributed by atoms with E-state index >= 15 is 0 Å². The summed E-state index contributed by atoms with van der Waals surface area (Å²) in [5.41, 5.74) is -0.853. The van der Waals surface area contributed by atoms with Gasteiger partial charge in [0.15, 0.2) is 0 Å². The Kier molecular flexibility index (Phi) is 4.90. The van der Waals surface area contributed by atoms with E-state index in [1.165, 1.54) is 0 Å². The van der Waals surface area contributed by atoms with Crippen molar-refractivity contribution in [3.8, 4) is 0 Å². The van der Waals surface area contributed by atoms with Crippen LogP contribution in [0.1, 0.15) is 27.2 Å². The van der Waals surface area contributed by atoms with Crippen molar-refractivity contribution in [1.29, 1.82) is 0 Å². The molecule has 5 nitrogen and oxygen atoms in total. The van der Waals surface area contributed by atoms with Gasteiger partial charge < -0.3 is 5.32 Å². The van der Waals surface area contributed by atoms with Gasteiger partial charge in [0.1, 0.15) is 0 Å². The van der Waals surface area contributed by atoms with Gasteiger partial charge in [-0.05, 0) is 26.8 Å². The maximum atomic E-state index is 11.0. The average molecular weight is 241 g/mol. The van der Waals surface area contributed by atoms with Crippen molar-refractivity contribution in [2.24, 2.45) is 0 Å². The zero-order chi connectivity index (χ0) is 11.4. The Morgan fingerprint density at radius 3 is 2.36 bits per heavy atom. The highest BCUT2D eigenvalue weighted by Gasteiger charge is 2.27. The number of rotatable bonds is 5. The number of hydrogen-bond donors (Lipinski definition) is 2. The molecule has 1 N–H and O–H groups in total. The maximum absolute atomic E-state index is 11.0. The first kappa shape index (κ1) is 13.7. The predicted molar refractivity (Wildman–Crippen MR) is 56.4 cm³/mol. The first-order chi connectivity index (χ1) is 6.22. The number of thiol groups is 1. The van der Waals surface area contributed by atoms with Gasteiger partial charge in [0.2, 0.25) is 5.91 Å². The summed E-state index contributed by atoms with van der Waals surface area (Å²) >= 11 is 3.23. The maximum Gasteiger partial charge on any atom is 0.280 e. The fraction of sp³-hybridized carbons (Fsp3) is 0.857. The minimum Gasteiger partial charge on any atom is -0.350 e. The Hall–Kier alpha value is -0.270. The standard InChI is InChI=1S/C7H15NO4S2/c1-4-6(9)8-7(2,3)5-14(10,11)12-13/h13H,4-5H2,1-3H3,(H,8,9). The van der Waals surface area contributed by atoms with Crippen LogP contribution in [0.4, 0.5) is 0 Å². The predicted octanol–water partition coefficient (Wildman–Crippen LogP) is 0.482. The van der Waals surface area contributed by atoms with Crippen LogP contribution >= 0.6 is 12.9 Å². The summed E-state index contributed by atoms with van der Waals surface area (Å²) in [7, 11) is -3.68. The van der Waals surface area contributed by atoms with E-state index in [1.807, 2.05) is 0 Å². The van der Waals surface area contributed by atoms with Crippen molar-refractivity contribution in [1.82, 2.24) is 5.32 Å². The van der Waals surface area contributed by atoms with Crippen LogP contribution in [0.5, 0.6) is 0 Å². The summed E-state index contributed by atoms with van der Waals surface area (Å²) in [5.74, 6) is -0.515. The summed E-state index contributed by atoms with van der Waals surface area (Å²) in [6.45, 7) is 4.89. The average Bonchev–Trinajstić information content (AvgIpc) is 2.01. The highest BCUT2D eigenvalue weighted by Crippen LogP contribution is 2.09. The van der Waals surface area contributed by atoms with Crippen LogP contribution in [-0.4, -0.2) is 25.6 Å². The lowest BCUT2D eigenvalue weighted by atomic mass is 10.1. The SMILES string of the molecule is CCC(=O)NC(C)(C)CS(=O)(=O)OS. The molecule has 0 aromatic heterocycles. The molecular weight excluding hydrogens is 226 g/mol. The van der Waals surface area contributed by atoms with Gasteiger partial charge in [-0.3, -0.25) is 4.79 Å². The van der Waals surface area contributed by atoms with E-state index in [-0.39, 0.29) is 11.7 Å². The van der Waals surface area contributed by atoms with E-state index in [4.69, 9.17) is 0 Å². The van der Waals surface area contributed by atoms with E-state index in [1.54, 1.807) is 20.8 Å². The van der Waals surface area contributed by atoms with E-state index in [9.17, 15) is 13.2 Å². The first-order valence-corrected chi connectivity index (χ1v) is 6.03. The summed E-state index contributed by atoms with van der Waals surface area (Å²) < 4.78 is 26.1. The highest BCUT2D eigenvalue weighted by atomic mass is 32.3. The Labute approximate surface area is 90.0 Å². The molecule has 0 rings (SSSR count). The van der Waals surface area contributed by atoms with Crippen molar-refractivity contribution < 1.29 is 16.8 Å². The molecule has 7 heteroatoms. The third-order valence-corrected chi connectivity index (χ3v) is 3.43. The fourth-order valence-corrected chi connectivity index (χ4v) is 2.14. The molecule has 0 saturated carbocycles. The van der Waals surface area contributed by atoms with Crippen molar-refractivity contribution >= 4 is 28.9 Å². The molecule has 0 atom stereocenters. The van der Waals surface area contributed by atoms with Crippen LogP contribution in [0, 0.1) is 0 Å². The van der Waals surface area contributed by atoms with E-state index in [2.05, 4.69) is 21.9 Å². The third-order valence-electron chi connectivity index (χ3n) is 1.45. The molecule has 0 aliphatic rings. The molecule has 1 amide bonds. The summed E-state index contributed by atoms with van der Waals surface area (Å²) in [6, 6.07) is 0. The van der Waals surface area contributed by atoms with Crippen LogP contribution in [0.25, 0.3) is 0 Å². The molecule has 0 fully saturated rings. The largest absolute Gasteiger partial charge is 0.350 e. The molecule has 0 spiro atoms. The Bertz CT molecular complexity index is 297. The molecule has 0 saturated heterocycles. The monoisotopic (exact) mass is 241 g/mol. The second kappa shape index (κ2) is 4.99. The Balaban J connectivity index is 4.42. The molecular formula is C7H15NO4S2. The smallest absolute Gasteiger partial charge is 0.280 e. The third kappa shape index (κ3) is 5.46. The quantitative estimate of drug-likeness (QED) is 0.542. The topological polar surface area (TPSA) is 72.5 Å². The molecule has 0 aromatic carbocycles. The van der Waals surface area contributed by atoms with Gasteiger partial charge in [-0.15, -0.1) is 0 Å². The number of nitrogens with one attached hydrogen (secondary N) is 1. The summed E-state index contributed by atoms with van der Waals surface area (Å²) in [5, 5.41) is 2.56. The van der Waals surface area contributed by atoms with Crippen LogP contribution in [0.3, 0.4) is 0 Å². The molecule has 84 valence electrons. The molecule has 0 aliphatic heterocycles. The van der Waals surface area contributed by atoms with Crippen LogP contribution in [0.2, 0.25) is 0 Å². The van der Waals surface area contributed by atoms with Crippen LogP contribution in [0.15, 0.2) is 0 Å². The van der Waals surface area contributed by atoms with Gasteiger partial charge >= 0.3 is 0 Å². The lowest BCUT2D eigenvalue weighted by molar-refractivity contribution is -0.122. The van der Waals surface area contributed by atoms with Gasteiger partial charge in [-0.2, -0.15) is 8.42 Å². The summed E-state index contributed by atoms with van der Waals surface area (Å²) in [4.78, 5) is 11.0. The van der Waals surface area contributed by atoms with Gasteiger partial charge in [-0.25, -0.2) is 3.63 Å². The number of hydrogen-bond acceptors (Lipinski definition) is 5. The molecule has 0 radical (unpaired) electrons.